The summed E-state index contributed by atoms with van der Waals surface area (Å²) >= 11 is 1.46. The van der Waals surface area contributed by atoms with Crippen molar-refractivity contribution < 1.29 is 9.53 Å². The highest BCUT2D eigenvalue weighted by Gasteiger charge is 2.06. The van der Waals surface area contributed by atoms with E-state index in [1.807, 2.05) is 48.5 Å². The molecule has 4 nitrogen and oxygen atoms in total. The Morgan fingerprint density at radius 2 is 2.05 bits per heavy atom. The fraction of sp³-hybridized carbons (Fsp3) is 0.188. The van der Waals surface area contributed by atoms with E-state index < -0.39 is 0 Å². The minimum Gasteiger partial charge on any atom is -0.496 e. The number of hydrogen-bond donors (Lipinski definition) is 2. The smallest absolute Gasteiger partial charge is 0.230 e. The number of hydrogen-bond acceptors (Lipinski definition) is 4. The van der Waals surface area contributed by atoms with Crippen LogP contribution in [0.25, 0.3) is 0 Å². The van der Waals surface area contributed by atoms with Crippen LogP contribution in [0.15, 0.2) is 53.4 Å². The lowest BCUT2D eigenvalue weighted by atomic mass is 10.2. The average molecular weight is 302 g/mol. The van der Waals surface area contributed by atoms with Gasteiger partial charge in [-0.2, -0.15) is 0 Å². The number of benzene rings is 2. The van der Waals surface area contributed by atoms with Gasteiger partial charge in [-0.3, -0.25) is 4.79 Å². The summed E-state index contributed by atoms with van der Waals surface area (Å²) in [5.41, 5.74) is 7.37. The van der Waals surface area contributed by atoms with Crippen LogP contribution in [0.2, 0.25) is 0 Å². The van der Waals surface area contributed by atoms with E-state index in [4.69, 9.17) is 10.5 Å². The summed E-state index contributed by atoms with van der Waals surface area (Å²) in [6.45, 7) is 0.459. The van der Waals surface area contributed by atoms with Crippen molar-refractivity contribution in [3.05, 3.63) is 54.1 Å². The van der Waals surface area contributed by atoms with Crippen molar-refractivity contribution in [2.75, 3.05) is 18.6 Å². The van der Waals surface area contributed by atoms with E-state index in [2.05, 4.69) is 5.32 Å². The lowest BCUT2D eigenvalue weighted by molar-refractivity contribution is -0.118. The number of thioether (sulfide) groups is 1. The van der Waals surface area contributed by atoms with E-state index in [9.17, 15) is 4.79 Å². The lowest BCUT2D eigenvalue weighted by Gasteiger charge is -2.09. The summed E-state index contributed by atoms with van der Waals surface area (Å²) in [5, 5.41) is 2.89. The summed E-state index contributed by atoms with van der Waals surface area (Å²) in [7, 11) is 1.62. The number of amides is 1. The molecule has 110 valence electrons. The third-order valence-electron chi connectivity index (χ3n) is 2.90. The van der Waals surface area contributed by atoms with Crippen LogP contribution in [-0.2, 0) is 11.3 Å². The van der Waals surface area contributed by atoms with Gasteiger partial charge in [0.2, 0.25) is 5.91 Å². The van der Waals surface area contributed by atoms with Crippen LogP contribution >= 0.6 is 11.8 Å². The van der Waals surface area contributed by atoms with Crippen molar-refractivity contribution in [2.45, 2.75) is 11.4 Å². The normalized spacial score (nSPS) is 10.1. The lowest BCUT2D eigenvalue weighted by Crippen LogP contribution is -2.24. The molecule has 0 aliphatic heterocycles. The molecule has 0 saturated carbocycles. The van der Waals surface area contributed by atoms with Crippen molar-refractivity contribution >= 4 is 23.4 Å². The van der Waals surface area contributed by atoms with Crippen LogP contribution in [0, 0.1) is 0 Å². The van der Waals surface area contributed by atoms with Gasteiger partial charge in [-0.1, -0.05) is 24.3 Å². The molecular formula is C16H18N2O2S. The zero-order valence-electron chi connectivity index (χ0n) is 11.8. The Balaban J connectivity index is 1.82. The number of methoxy groups -OCH3 is 1. The monoisotopic (exact) mass is 302 g/mol. The number of ether oxygens (including phenoxy) is 1. The van der Waals surface area contributed by atoms with E-state index in [-0.39, 0.29) is 5.91 Å². The van der Waals surface area contributed by atoms with E-state index in [1.54, 1.807) is 7.11 Å². The SMILES string of the molecule is COc1ccccc1CNC(=O)CSc1cccc(N)c1. The Labute approximate surface area is 128 Å². The highest BCUT2D eigenvalue weighted by Crippen LogP contribution is 2.20. The highest BCUT2D eigenvalue weighted by molar-refractivity contribution is 8.00. The fourth-order valence-electron chi connectivity index (χ4n) is 1.85. The summed E-state index contributed by atoms with van der Waals surface area (Å²) in [4.78, 5) is 12.9. The minimum atomic E-state index is -0.0201. The summed E-state index contributed by atoms with van der Waals surface area (Å²) in [6.07, 6.45) is 0. The first-order chi connectivity index (χ1) is 10.2. The molecule has 2 aromatic rings. The Hall–Kier alpha value is -2.14. The molecule has 0 saturated heterocycles. The van der Waals surface area contributed by atoms with Crippen molar-refractivity contribution in [1.82, 2.24) is 5.32 Å². The van der Waals surface area contributed by atoms with E-state index >= 15 is 0 Å². The van der Waals surface area contributed by atoms with Gasteiger partial charge in [0.1, 0.15) is 5.75 Å². The maximum atomic E-state index is 11.9. The quantitative estimate of drug-likeness (QED) is 0.636. The molecule has 0 fully saturated rings. The maximum absolute atomic E-state index is 11.9. The minimum absolute atomic E-state index is 0.0201. The number of carbonyl (C=O) groups is 1. The van der Waals surface area contributed by atoms with Crippen LogP contribution in [0.4, 0.5) is 5.69 Å². The zero-order valence-corrected chi connectivity index (χ0v) is 12.7. The molecule has 3 N–H and O–H groups in total. The van der Waals surface area contributed by atoms with Gasteiger partial charge >= 0.3 is 0 Å². The molecule has 0 radical (unpaired) electrons. The molecular weight excluding hydrogens is 284 g/mol. The number of nitrogen functional groups attached to an aromatic ring is 1. The molecule has 0 bridgehead atoms. The van der Waals surface area contributed by atoms with Gasteiger partial charge in [0, 0.05) is 22.7 Å². The molecule has 0 aromatic heterocycles. The summed E-state index contributed by atoms with van der Waals surface area (Å²) in [6, 6.07) is 15.1. The van der Waals surface area contributed by atoms with Crippen molar-refractivity contribution in [3.63, 3.8) is 0 Å². The van der Waals surface area contributed by atoms with Crippen LogP contribution < -0.4 is 15.8 Å². The predicted molar refractivity (Wildman–Crippen MR) is 86.4 cm³/mol. The molecule has 1 amide bonds. The standard InChI is InChI=1S/C16H18N2O2S/c1-20-15-8-3-2-5-12(15)10-18-16(19)11-21-14-7-4-6-13(17)9-14/h2-9H,10-11,17H2,1H3,(H,18,19). The molecule has 2 aromatic carbocycles. The van der Waals surface area contributed by atoms with Gasteiger partial charge in [-0.25, -0.2) is 0 Å². The number of carbonyl (C=O) groups excluding carboxylic acids is 1. The summed E-state index contributed by atoms with van der Waals surface area (Å²) < 4.78 is 5.25. The van der Waals surface area contributed by atoms with Gasteiger partial charge in [0.15, 0.2) is 0 Å². The van der Waals surface area contributed by atoms with Gasteiger partial charge in [-0.05, 0) is 24.3 Å². The van der Waals surface area contributed by atoms with Gasteiger partial charge in [0.25, 0.3) is 0 Å². The number of para-hydroxylation sites is 1. The third-order valence-corrected chi connectivity index (χ3v) is 3.89. The second-order valence-corrected chi connectivity index (χ2v) is 5.50. The molecule has 0 spiro atoms. The van der Waals surface area contributed by atoms with Crippen molar-refractivity contribution in [3.8, 4) is 5.75 Å². The molecule has 5 heteroatoms. The largest absolute Gasteiger partial charge is 0.496 e. The molecule has 2 rings (SSSR count). The number of anilines is 1. The molecule has 21 heavy (non-hydrogen) atoms. The second kappa shape index (κ2) is 7.59. The number of nitrogens with two attached hydrogens (primary N) is 1. The Bertz CT molecular complexity index is 617. The molecule has 0 heterocycles. The Morgan fingerprint density at radius 1 is 1.24 bits per heavy atom. The van der Waals surface area contributed by atoms with Crippen LogP contribution in [0.5, 0.6) is 5.75 Å². The Morgan fingerprint density at radius 3 is 2.81 bits per heavy atom. The van der Waals surface area contributed by atoms with Gasteiger partial charge < -0.3 is 15.8 Å². The first-order valence-corrected chi connectivity index (χ1v) is 7.54. The Kier molecular flexibility index (Phi) is 5.51. The second-order valence-electron chi connectivity index (χ2n) is 4.45. The van der Waals surface area contributed by atoms with Crippen LogP contribution in [-0.4, -0.2) is 18.8 Å². The van der Waals surface area contributed by atoms with E-state index in [1.165, 1.54) is 11.8 Å². The fourth-order valence-corrected chi connectivity index (χ4v) is 2.64. The first kappa shape index (κ1) is 15.3. The van der Waals surface area contributed by atoms with Crippen LogP contribution in [0.1, 0.15) is 5.56 Å². The number of rotatable bonds is 6. The third kappa shape index (κ3) is 4.72. The number of nitrogens with one attached hydrogen (secondary N) is 1. The topological polar surface area (TPSA) is 64.3 Å². The highest BCUT2D eigenvalue weighted by atomic mass is 32.2. The molecule has 0 unspecified atom stereocenters. The molecule has 0 atom stereocenters. The zero-order chi connectivity index (χ0) is 15.1. The van der Waals surface area contributed by atoms with Crippen molar-refractivity contribution in [2.24, 2.45) is 0 Å². The van der Waals surface area contributed by atoms with E-state index in [0.29, 0.717) is 18.0 Å². The first-order valence-electron chi connectivity index (χ1n) is 6.56. The summed E-state index contributed by atoms with van der Waals surface area (Å²) in [5.74, 6) is 1.12. The van der Waals surface area contributed by atoms with Gasteiger partial charge in [-0.15, -0.1) is 11.8 Å². The predicted octanol–water partition coefficient (Wildman–Crippen LogP) is 2.69. The van der Waals surface area contributed by atoms with Gasteiger partial charge in [0.05, 0.1) is 12.9 Å². The van der Waals surface area contributed by atoms with Crippen LogP contribution in [0.3, 0.4) is 0 Å². The van der Waals surface area contributed by atoms with E-state index in [0.717, 1.165) is 16.2 Å². The maximum Gasteiger partial charge on any atom is 0.230 e. The average Bonchev–Trinajstić information content (AvgIpc) is 2.51. The molecule has 0 aliphatic carbocycles. The van der Waals surface area contributed by atoms with Crippen molar-refractivity contribution in [1.29, 1.82) is 0 Å². The molecule has 0 aliphatic rings.